The van der Waals surface area contributed by atoms with Gasteiger partial charge in [0.15, 0.2) is 5.69 Å². The van der Waals surface area contributed by atoms with Crippen molar-refractivity contribution >= 4 is 38.7 Å². The van der Waals surface area contributed by atoms with Gasteiger partial charge in [-0.3, -0.25) is 0 Å². The van der Waals surface area contributed by atoms with Crippen LogP contribution in [0.15, 0.2) is 36.4 Å². The third kappa shape index (κ3) is 2.14. The molecule has 20 heavy (non-hydrogen) atoms. The Morgan fingerprint density at radius 2 is 2.00 bits per heavy atom. The molecule has 1 aromatic heterocycles. The number of rotatable bonds is 1. The Kier molecular flexibility index (Phi) is 3.13. The number of phenols is 1. The summed E-state index contributed by atoms with van der Waals surface area (Å²) in [6.45, 7) is 9.06. The first-order valence-corrected chi connectivity index (χ1v) is 7.18. The third-order valence-corrected chi connectivity index (χ3v) is 4.45. The van der Waals surface area contributed by atoms with E-state index in [1.807, 2.05) is 37.3 Å². The lowest BCUT2D eigenvalue weighted by atomic mass is 10.00. The molecule has 2 aromatic carbocycles. The van der Waals surface area contributed by atoms with Crippen LogP contribution in [0.1, 0.15) is 5.56 Å². The lowest BCUT2D eigenvalue weighted by molar-refractivity contribution is 0.471. The van der Waals surface area contributed by atoms with Crippen molar-refractivity contribution < 1.29 is 5.11 Å². The number of phenolic OH excluding ortho intramolecular Hbond substituents is 1. The normalized spacial score (nSPS) is 10.7. The van der Waals surface area contributed by atoms with Crippen molar-refractivity contribution in [3.63, 3.8) is 0 Å². The topological polar surface area (TPSA) is 24.6 Å². The van der Waals surface area contributed by atoms with Crippen molar-refractivity contribution in [2.24, 2.45) is 0 Å². The molecule has 0 amide bonds. The van der Waals surface area contributed by atoms with Crippen LogP contribution in [0.2, 0.25) is 4.34 Å². The van der Waals surface area contributed by atoms with Crippen LogP contribution in [0, 0.1) is 13.5 Å². The Morgan fingerprint density at radius 3 is 2.70 bits per heavy atom. The molecule has 3 aromatic rings. The SMILES string of the molecule is [C-]#[N+]c1cc(-c2ccc(C)c(O)c2)c2cc(Cl)sc2c1. The highest BCUT2D eigenvalue weighted by Crippen LogP contribution is 2.40. The first-order valence-electron chi connectivity index (χ1n) is 5.99. The number of nitrogens with zero attached hydrogens (tertiary/aromatic N) is 1. The molecule has 1 N–H and O–H groups in total. The summed E-state index contributed by atoms with van der Waals surface area (Å²) in [5.74, 6) is 0.255. The van der Waals surface area contributed by atoms with Gasteiger partial charge in [-0.15, -0.1) is 11.3 Å². The maximum absolute atomic E-state index is 9.88. The van der Waals surface area contributed by atoms with E-state index < -0.39 is 0 Å². The third-order valence-electron chi connectivity index (χ3n) is 3.24. The molecule has 3 rings (SSSR count). The van der Waals surface area contributed by atoms with Crippen molar-refractivity contribution in [3.8, 4) is 16.9 Å². The maximum Gasteiger partial charge on any atom is 0.189 e. The van der Waals surface area contributed by atoms with Crippen LogP contribution in [0.3, 0.4) is 0 Å². The minimum absolute atomic E-state index is 0.255. The van der Waals surface area contributed by atoms with Gasteiger partial charge in [0.05, 0.1) is 10.9 Å². The van der Waals surface area contributed by atoms with Gasteiger partial charge in [-0.1, -0.05) is 23.7 Å². The Morgan fingerprint density at radius 1 is 1.20 bits per heavy atom. The molecular weight excluding hydrogens is 290 g/mol. The molecule has 0 radical (unpaired) electrons. The van der Waals surface area contributed by atoms with Gasteiger partial charge < -0.3 is 5.11 Å². The Labute approximate surface area is 125 Å². The zero-order chi connectivity index (χ0) is 14.3. The summed E-state index contributed by atoms with van der Waals surface area (Å²) < 4.78 is 1.68. The molecule has 0 spiro atoms. The summed E-state index contributed by atoms with van der Waals surface area (Å²) in [4.78, 5) is 3.51. The number of benzene rings is 2. The maximum atomic E-state index is 9.88. The van der Waals surface area contributed by atoms with E-state index in [1.54, 1.807) is 6.07 Å². The van der Waals surface area contributed by atoms with E-state index in [0.29, 0.717) is 10.0 Å². The van der Waals surface area contributed by atoms with E-state index in [0.717, 1.165) is 26.8 Å². The number of hydrogen-bond acceptors (Lipinski definition) is 2. The van der Waals surface area contributed by atoms with Gasteiger partial charge in [-0.25, -0.2) is 4.85 Å². The Hall–Kier alpha value is -2.02. The summed E-state index contributed by atoms with van der Waals surface area (Å²) in [6.07, 6.45) is 0. The monoisotopic (exact) mass is 299 g/mol. The van der Waals surface area contributed by atoms with Crippen molar-refractivity contribution in [1.29, 1.82) is 0 Å². The van der Waals surface area contributed by atoms with Gasteiger partial charge in [-0.2, -0.15) is 0 Å². The van der Waals surface area contributed by atoms with Gasteiger partial charge in [0.1, 0.15) is 5.75 Å². The first kappa shape index (κ1) is 13.0. The van der Waals surface area contributed by atoms with Crippen LogP contribution in [0.25, 0.3) is 26.1 Å². The molecule has 2 nitrogen and oxygen atoms in total. The minimum Gasteiger partial charge on any atom is -0.508 e. The number of thiophene rings is 1. The van der Waals surface area contributed by atoms with Gasteiger partial charge in [0, 0.05) is 4.70 Å². The van der Waals surface area contributed by atoms with Crippen molar-refractivity contribution in [1.82, 2.24) is 0 Å². The number of fused-ring (bicyclic) bond motifs is 1. The number of aromatic hydroxyl groups is 1. The summed E-state index contributed by atoms with van der Waals surface area (Å²) in [5.41, 5.74) is 3.21. The highest BCUT2D eigenvalue weighted by molar-refractivity contribution is 7.22. The van der Waals surface area contributed by atoms with Crippen molar-refractivity contribution in [2.45, 2.75) is 6.92 Å². The first-order chi connectivity index (χ1) is 9.58. The van der Waals surface area contributed by atoms with Crippen molar-refractivity contribution in [2.75, 3.05) is 0 Å². The van der Waals surface area contributed by atoms with Crippen molar-refractivity contribution in [3.05, 3.63) is 57.7 Å². The molecule has 0 aliphatic heterocycles. The molecular formula is C16H10ClNOS. The highest BCUT2D eigenvalue weighted by atomic mass is 35.5. The number of aryl methyl sites for hydroxylation is 1. The van der Waals surface area contributed by atoms with Crippen LogP contribution >= 0.6 is 22.9 Å². The zero-order valence-corrected chi connectivity index (χ0v) is 12.2. The molecule has 0 atom stereocenters. The largest absolute Gasteiger partial charge is 0.508 e. The average Bonchev–Trinajstić information content (AvgIpc) is 2.80. The van der Waals surface area contributed by atoms with E-state index in [-0.39, 0.29) is 5.75 Å². The Bertz CT molecular complexity index is 861. The highest BCUT2D eigenvalue weighted by Gasteiger charge is 2.11. The summed E-state index contributed by atoms with van der Waals surface area (Å²) in [6, 6.07) is 11.1. The molecule has 4 heteroatoms. The fourth-order valence-corrected chi connectivity index (χ4v) is 3.38. The van der Waals surface area contributed by atoms with E-state index in [1.165, 1.54) is 11.3 Å². The van der Waals surface area contributed by atoms with E-state index in [2.05, 4.69) is 4.85 Å². The summed E-state index contributed by atoms with van der Waals surface area (Å²) >= 11 is 7.54. The second kappa shape index (κ2) is 4.82. The van der Waals surface area contributed by atoms with Crippen LogP contribution in [-0.4, -0.2) is 5.11 Å². The van der Waals surface area contributed by atoms with Crippen LogP contribution in [0.4, 0.5) is 5.69 Å². The Balaban J connectivity index is 2.33. The number of hydrogen-bond donors (Lipinski definition) is 1. The molecule has 0 aliphatic carbocycles. The fourth-order valence-electron chi connectivity index (χ4n) is 2.17. The molecule has 0 saturated carbocycles. The smallest absolute Gasteiger partial charge is 0.189 e. The lowest BCUT2D eigenvalue weighted by Crippen LogP contribution is -1.81. The molecule has 1 heterocycles. The minimum atomic E-state index is 0.255. The van der Waals surface area contributed by atoms with Gasteiger partial charge >= 0.3 is 0 Å². The van der Waals surface area contributed by atoms with Gasteiger partial charge in [-0.05, 0) is 53.3 Å². The number of halogens is 1. The quantitative estimate of drug-likeness (QED) is 0.565. The predicted octanol–water partition coefficient (Wildman–Crippen LogP) is 5.79. The van der Waals surface area contributed by atoms with E-state index in [4.69, 9.17) is 18.2 Å². The van der Waals surface area contributed by atoms with Crippen LogP contribution in [-0.2, 0) is 0 Å². The fraction of sp³-hybridized carbons (Fsp3) is 0.0625. The van der Waals surface area contributed by atoms with Gasteiger partial charge in [0.25, 0.3) is 0 Å². The van der Waals surface area contributed by atoms with E-state index >= 15 is 0 Å². The van der Waals surface area contributed by atoms with Crippen LogP contribution in [0.5, 0.6) is 5.75 Å². The molecule has 0 saturated heterocycles. The lowest BCUT2D eigenvalue weighted by Gasteiger charge is -2.07. The average molecular weight is 300 g/mol. The zero-order valence-electron chi connectivity index (χ0n) is 10.6. The summed E-state index contributed by atoms with van der Waals surface area (Å²) in [7, 11) is 0. The molecule has 0 fully saturated rings. The summed E-state index contributed by atoms with van der Waals surface area (Å²) in [5, 5.41) is 10.9. The second-order valence-electron chi connectivity index (χ2n) is 4.57. The van der Waals surface area contributed by atoms with Crippen LogP contribution < -0.4 is 0 Å². The molecule has 0 aliphatic rings. The predicted molar refractivity (Wildman–Crippen MR) is 84.9 cm³/mol. The van der Waals surface area contributed by atoms with Gasteiger partial charge in [0.2, 0.25) is 0 Å². The molecule has 0 bridgehead atoms. The standard InChI is InChI=1S/C16H10ClNOS/c1-9-3-4-10(5-14(9)19)12-6-11(18-2)7-15-13(12)8-16(17)20-15/h3-8,19H,1H3. The molecule has 98 valence electrons. The van der Waals surface area contributed by atoms with E-state index in [9.17, 15) is 5.11 Å². The molecule has 0 unspecified atom stereocenters. The second-order valence-corrected chi connectivity index (χ2v) is 6.28.